The average Bonchev–Trinajstić information content (AvgIpc) is 2.43. The number of carbonyl (C=O) groups excluding carboxylic acids is 2. The zero-order valence-corrected chi connectivity index (χ0v) is 12.6. The van der Waals surface area contributed by atoms with Crippen molar-refractivity contribution < 1.29 is 19.5 Å². The van der Waals surface area contributed by atoms with Crippen LogP contribution in [-0.2, 0) is 9.59 Å². The second-order valence-corrected chi connectivity index (χ2v) is 5.91. The number of hydrogen-bond acceptors (Lipinski definition) is 3. The fourth-order valence-corrected chi connectivity index (χ4v) is 2.26. The lowest BCUT2D eigenvalue weighted by Crippen LogP contribution is -2.47. The summed E-state index contributed by atoms with van der Waals surface area (Å²) >= 11 is 0. The summed E-state index contributed by atoms with van der Waals surface area (Å²) in [5, 5.41) is 16.9. The topological polar surface area (TPSA) is 108 Å². The van der Waals surface area contributed by atoms with Crippen molar-refractivity contribution in [3.8, 4) is 0 Å². The van der Waals surface area contributed by atoms with Gasteiger partial charge in [-0.1, -0.05) is 13.8 Å². The standard InChI is InChI=1S/C14H25N3O4/c1-9(2)7-15-12(18)8-16-14(21)17-11-5-3-10(4-6-11)13(19)20/h9-11H,3-8H2,1-2H3,(H,15,18)(H,19,20)(H2,16,17,21). The first-order valence-corrected chi connectivity index (χ1v) is 7.42. The van der Waals surface area contributed by atoms with Crippen LogP contribution in [-0.4, -0.2) is 42.1 Å². The number of carbonyl (C=O) groups is 3. The first-order chi connectivity index (χ1) is 9.88. The van der Waals surface area contributed by atoms with Gasteiger partial charge in [0, 0.05) is 12.6 Å². The molecule has 0 heterocycles. The summed E-state index contributed by atoms with van der Waals surface area (Å²) in [6, 6.07) is -0.396. The third kappa shape index (κ3) is 6.97. The number of amides is 3. The molecule has 0 aromatic heterocycles. The lowest BCUT2D eigenvalue weighted by atomic mass is 9.86. The predicted molar refractivity (Wildman–Crippen MR) is 77.8 cm³/mol. The van der Waals surface area contributed by atoms with Crippen molar-refractivity contribution in [2.75, 3.05) is 13.1 Å². The van der Waals surface area contributed by atoms with Crippen LogP contribution in [0.1, 0.15) is 39.5 Å². The Balaban J connectivity index is 2.17. The van der Waals surface area contributed by atoms with E-state index in [1.165, 1.54) is 0 Å². The Morgan fingerprint density at radius 3 is 2.24 bits per heavy atom. The highest BCUT2D eigenvalue weighted by molar-refractivity contribution is 5.84. The quantitative estimate of drug-likeness (QED) is 0.579. The Morgan fingerprint density at radius 1 is 1.10 bits per heavy atom. The molecule has 1 aliphatic carbocycles. The predicted octanol–water partition coefficient (Wildman–Crippen LogP) is 0.701. The largest absolute Gasteiger partial charge is 0.481 e. The first kappa shape index (κ1) is 17.3. The molecular weight excluding hydrogens is 274 g/mol. The first-order valence-electron chi connectivity index (χ1n) is 7.42. The lowest BCUT2D eigenvalue weighted by Gasteiger charge is -2.26. The molecule has 7 heteroatoms. The van der Waals surface area contributed by atoms with E-state index in [2.05, 4.69) is 16.0 Å². The molecule has 7 nitrogen and oxygen atoms in total. The molecule has 4 N–H and O–H groups in total. The fourth-order valence-electron chi connectivity index (χ4n) is 2.26. The maximum atomic E-state index is 11.7. The monoisotopic (exact) mass is 299 g/mol. The molecule has 0 aliphatic heterocycles. The highest BCUT2D eigenvalue weighted by Crippen LogP contribution is 2.24. The smallest absolute Gasteiger partial charge is 0.315 e. The van der Waals surface area contributed by atoms with Gasteiger partial charge in [0.1, 0.15) is 0 Å². The second kappa shape index (κ2) is 8.49. The molecule has 0 aromatic rings. The van der Waals surface area contributed by atoms with E-state index in [0.717, 1.165) is 0 Å². The van der Waals surface area contributed by atoms with Gasteiger partial charge in [-0.05, 0) is 31.6 Å². The number of carboxylic acids is 1. The minimum atomic E-state index is -0.764. The van der Waals surface area contributed by atoms with E-state index in [1.54, 1.807) is 0 Å². The van der Waals surface area contributed by atoms with E-state index in [-0.39, 0.29) is 30.4 Å². The Labute approximate surface area is 124 Å². The van der Waals surface area contributed by atoms with Gasteiger partial charge in [-0.15, -0.1) is 0 Å². The van der Waals surface area contributed by atoms with Crippen LogP contribution in [0.15, 0.2) is 0 Å². The maximum absolute atomic E-state index is 11.7. The number of rotatable bonds is 6. The Hall–Kier alpha value is -1.79. The second-order valence-electron chi connectivity index (χ2n) is 5.91. The lowest BCUT2D eigenvalue weighted by molar-refractivity contribution is -0.142. The number of urea groups is 1. The van der Waals surface area contributed by atoms with Crippen molar-refractivity contribution in [1.29, 1.82) is 0 Å². The summed E-state index contributed by atoms with van der Waals surface area (Å²) in [6.45, 7) is 4.52. The van der Waals surface area contributed by atoms with E-state index in [1.807, 2.05) is 13.8 Å². The van der Waals surface area contributed by atoms with Gasteiger partial charge in [-0.25, -0.2) is 4.79 Å². The molecule has 0 radical (unpaired) electrons. The van der Waals surface area contributed by atoms with Crippen molar-refractivity contribution >= 4 is 17.9 Å². The summed E-state index contributed by atoms with van der Waals surface area (Å²) in [7, 11) is 0. The summed E-state index contributed by atoms with van der Waals surface area (Å²) in [5.74, 6) is -0.909. The van der Waals surface area contributed by atoms with Crippen LogP contribution < -0.4 is 16.0 Å². The summed E-state index contributed by atoms with van der Waals surface area (Å²) < 4.78 is 0. The van der Waals surface area contributed by atoms with Crippen molar-refractivity contribution in [3.63, 3.8) is 0 Å². The zero-order valence-electron chi connectivity index (χ0n) is 12.6. The van der Waals surface area contributed by atoms with Crippen LogP contribution in [0.25, 0.3) is 0 Å². The Kier molecular flexibility index (Phi) is 6.98. The van der Waals surface area contributed by atoms with E-state index in [0.29, 0.717) is 38.1 Å². The van der Waals surface area contributed by atoms with Gasteiger partial charge in [-0.3, -0.25) is 9.59 Å². The molecule has 1 saturated carbocycles. The van der Waals surface area contributed by atoms with Crippen LogP contribution >= 0.6 is 0 Å². The molecule has 1 fully saturated rings. The van der Waals surface area contributed by atoms with Gasteiger partial charge in [0.25, 0.3) is 0 Å². The van der Waals surface area contributed by atoms with Gasteiger partial charge in [0.15, 0.2) is 0 Å². The number of carboxylic acid groups (broad SMARTS) is 1. The number of nitrogens with one attached hydrogen (secondary N) is 3. The fraction of sp³-hybridized carbons (Fsp3) is 0.786. The molecule has 1 rings (SSSR count). The average molecular weight is 299 g/mol. The van der Waals surface area contributed by atoms with Gasteiger partial charge >= 0.3 is 12.0 Å². The number of aliphatic carboxylic acids is 1. The van der Waals surface area contributed by atoms with E-state index in [9.17, 15) is 14.4 Å². The molecule has 0 bridgehead atoms. The molecule has 1 aliphatic rings. The molecule has 3 amide bonds. The highest BCUT2D eigenvalue weighted by Gasteiger charge is 2.26. The van der Waals surface area contributed by atoms with Crippen molar-refractivity contribution in [1.82, 2.24) is 16.0 Å². The van der Waals surface area contributed by atoms with Gasteiger partial charge in [0.05, 0.1) is 12.5 Å². The SMILES string of the molecule is CC(C)CNC(=O)CNC(=O)NC1CCC(C(=O)O)CC1. The van der Waals surface area contributed by atoms with Crippen molar-refractivity contribution in [2.45, 2.75) is 45.6 Å². The number of hydrogen-bond donors (Lipinski definition) is 4. The molecule has 0 spiro atoms. The molecule has 21 heavy (non-hydrogen) atoms. The third-order valence-electron chi connectivity index (χ3n) is 3.53. The molecule has 0 saturated heterocycles. The van der Waals surface area contributed by atoms with Crippen LogP contribution in [0.5, 0.6) is 0 Å². The zero-order chi connectivity index (χ0) is 15.8. The maximum Gasteiger partial charge on any atom is 0.315 e. The van der Waals surface area contributed by atoms with E-state index >= 15 is 0 Å². The minimum Gasteiger partial charge on any atom is -0.481 e. The van der Waals surface area contributed by atoms with E-state index < -0.39 is 5.97 Å². The molecule has 0 unspecified atom stereocenters. The molecular formula is C14H25N3O4. The van der Waals surface area contributed by atoms with Gasteiger partial charge in [-0.2, -0.15) is 0 Å². The van der Waals surface area contributed by atoms with Crippen LogP contribution in [0.3, 0.4) is 0 Å². The molecule has 120 valence electrons. The van der Waals surface area contributed by atoms with Gasteiger partial charge < -0.3 is 21.1 Å². The normalized spacial score (nSPS) is 21.7. The van der Waals surface area contributed by atoms with E-state index in [4.69, 9.17) is 5.11 Å². The van der Waals surface area contributed by atoms with Crippen LogP contribution in [0.2, 0.25) is 0 Å². The summed E-state index contributed by atoms with van der Waals surface area (Å²) in [6.07, 6.45) is 2.47. The summed E-state index contributed by atoms with van der Waals surface area (Å²) in [5.41, 5.74) is 0. The third-order valence-corrected chi connectivity index (χ3v) is 3.53. The Bertz CT molecular complexity index is 376. The van der Waals surface area contributed by atoms with Crippen molar-refractivity contribution in [2.24, 2.45) is 11.8 Å². The van der Waals surface area contributed by atoms with Crippen LogP contribution in [0.4, 0.5) is 4.79 Å². The molecule has 0 aromatic carbocycles. The summed E-state index contributed by atoms with van der Waals surface area (Å²) in [4.78, 5) is 33.9. The minimum absolute atomic E-state index is 0.0145. The van der Waals surface area contributed by atoms with Crippen LogP contribution in [0, 0.1) is 11.8 Å². The molecule has 0 atom stereocenters. The Morgan fingerprint density at radius 2 is 1.71 bits per heavy atom. The van der Waals surface area contributed by atoms with Crippen molar-refractivity contribution in [3.05, 3.63) is 0 Å². The van der Waals surface area contributed by atoms with Gasteiger partial charge in [0.2, 0.25) is 5.91 Å². The highest BCUT2D eigenvalue weighted by atomic mass is 16.4.